The summed E-state index contributed by atoms with van der Waals surface area (Å²) in [6, 6.07) is 10.2. The van der Waals surface area contributed by atoms with Gasteiger partial charge in [0, 0.05) is 17.8 Å². The minimum Gasteiger partial charge on any atom is -0.358 e. The summed E-state index contributed by atoms with van der Waals surface area (Å²) in [5, 5.41) is 6.01. The van der Waals surface area contributed by atoms with E-state index in [0.29, 0.717) is 6.07 Å². The molecule has 0 spiro atoms. The molecule has 0 saturated heterocycles. The van der Waals surface area contributed by atoms with Crippen molar-refractivity contribution in [2.75, 3.05) is 5.32 Å². The number of hydrogen-bond acceptors (Lipinski definition) is 1. The van der Waals surface area contributed by atoms with E-state index in [4.69, 9.17) is 12.2 Å². The summed E-state index contributed by atoms with van der Waals surface area (Å²) in [6.07, 6.45) is -4.57. The molecule has 2 aromatic rings. The molecular formula is C19H20F4N2S. The molecular weight excluding hydrogens is 364 g/mol. The molecule has 0 aromatic heterocycles. The third-order valence-electron chi connectivity index (χ3n) is 3.83. The average molecular weight is 384 g/mol. The zero-order chi connectivity index (χ0) is 19.5. The number of hydrogen-bond donors (Lipinski definition) is 2. The van der Waals surface area contributed by atoms with Gasteiger partial charge in [-0.2, -0.15) is 13.2 Å². The summed E-state index contributed by atoms with van der Waals surface area (Å²) in [5.41, 5.74) is 1.07. The molecule has 0 saturated carbocycles. The van der Waals surface area contributed by atoms with Crippen molar-refractivity contribution in [1.29, 1.82) is 0 Å². The van der Waals surface area contributed by atoms with Crippen molar-refractivity contribution in [3.8, 4) is 0 Å². The first-order valence-corrected chi connectivity index (χ1v) is 8.38. The maximum absolute atomic E-state index is 13.8. The minimum absolute atomic E-state index is 0.0180. The Hall–Kier alpha value is -2.15. The first-order valence-electron chi connectivity index (χ1n) is 7.98. The van der Waals surface area contributed by atoms with E-state index in [1.54, 1.807) is 0 Å². The highest BCUT2D eigenvalue weighted by Crippen LogP contribution is 2.30. The number of halogens is 4. The molecule has 0 aliphatic heterocycles. The molecule has 26 heavy (non-hydrogen) atoms. The fourth-order valence-electron chi connectivity index (χ4n) is 2.27. The van der Waals surface area contributed by atoms with Gasteiger partial charge in [0.25, 0.3) is 0 Å². The van der Waals surface area contributed by atoms with Crippen molar-refractivity contribution in [2.24, 2.45) is 0 Å². The van der Waals surface area contributed by atoms with Crippen LogP contribution < -0.4 is 10.6 Å². The van der Waals surface area contributed by atoms with Crippen LogP contribution in [0.25, 0.3) is 0 Å². The van der Waals surface area contributed by atoms with E-state index < -0.39 is 17.6 Å². The second-order valence-electron chi connectivity index (χ2n) is 6.94. The summed E-state index contributed by atoms with van der Waals surface area (Å²) >= 11 is 5.15. The SMILES string of the molecule is CC(C)(C)c1ccc(NC(=S)NCc2ccc(C(F)(F)F)cc2F)cc1. The number of thiocarbonyl (C=S) groups is 1. The van der Waals surface area contributed by atoms with Gasteiger partial charge in [-0.3, -0.25) is 0 Å². The van der Waals surface area contributed by atoms with Gasteiger partial charge in [-0.05, 0) is 47.5 Å². The Balaban J connectivity index is 1.95. The Morgan fingerprint density at radius 2 is 1.54 bits per heavy atom. The van der Waals surface area contributed by atoms with Gasteiger partial charge >= 0.3 is 6.18 Å². The monoisotopic (exact) mass is 384 g/mol. The van der Waals surface area contributed by atoms with Crippen molar-refractivity contribution in [1.82, 2.24) is 5.32 Å². The van der Waals surface area contributed by atoms with E-state index in [-0.39, 0.29) is 22.6 Å². The standard InChI is InChI=1S/C19H20F4N2S/c1-18(2,3)13-6-8-15(9-7-13)25-17(26)24-11-12-4-5-14(10-16(12)20)19(21,22)23/h4-10H,11H2,1-3H3,(H2,24,25,26). The summed E-state index contributed by atoms with van der Waals surface area (Å²) in [5.74, 6) is -0.926. The number of rotatable bonds is 3. The summed E-state index contributed by atoms with van der Waals surface area (Å²) in [6.45, 7) is 6.32. The zero-order valence-corrected chi connectivity index (χ0v) is 15.5. The molecule has 140 valence electrons. The quantitative estimate of drug-likeness (QED) is 0.530. The second kappa shape index (κ2) is 7.61. The van der Waals surface area contributed by atoms with Crippen LogP contribution in [-0.2, 0) is 18.1 Å². The molecule has 2 N–H and O–H groups in total. The maximum atomic E-state index is 13.8. The van der Waals surface area contributed by atoms with Crippen molar-refractivity contribution in [2.45, 2.75) is 38.9 Å². The van der Waals surface area contributed by atoms with Gasteiger partial charge in [-0.1, -0.05) is 39.0 Å². The van der Waals surface area contributed by atoms with Crippen LogP contribution in [0.2, 0.25) is 0 Å². The van der Waals surface area contributed by atoms with Crippen LogP contribution in [0.4, 0.5) is 23.2 Å². The largest absolute Gasteiger partial charge is 0.416 e. The lowest BCUT2D eigenvalue weighted by atomic mass is 9.87. The molecule has 2 rings (SSSR count). The molecule has 0 radical (unpaired) electrons. The van der Waals surface area contributed by atoms with Crippen LogP contribution in [-0.4, -0.2) is 5.11 Å². The summed E-state index contributed by atoms with van der Waals surface area (Å²) in [4.78, 5) is 0. The molecule has 0 aliphatic carbocycles. The second-order valence-corrected chi connectivity index (χ2v) is 7.35. The maximum Gasteiger partial charge on any atom is 0.416 e. The summed E-state index contributed by atoms with van der Waals surface area (Å²) < 4.78 is 51.4. The molecule has 0 amide bonds. The highest BCUT2D eigenvalue weighted by Gasteiger charge is 2.31. The Kier molecular flexibility index (Phi) is 5.91. The number of alkyl halides is 3. The molecule has 0 bridgehead atoms. The Morgan fingerprint density at radius 3 is 2.04 bits per heavy atom. The van der Waals surface area contributed by atoms with Crippen molar-refractivity contribution in [3.63, 3.8) is 0 Å². The van der Waals surface area contributed by atoms with Gasteiger partial charge in [-0.25, -0.2) is 4.39 Å². The van der Waals surface area contributed by atoms with Gasteiger partial charge in [0.1, 0.15) is 5.82 Å². The number of anilines is 1. The molecule has 2 aromatic carbocycles. The van der Waals surface area contributed by atoms with E-state index in [1.165, 1.54) is 5.56 Å². The van der Waals surface area contributed by atoms with Crippen LogP contribution in [0.5, 0.6) is 0 Å². The molecule has 7 heteroatoms. The highest BCUT2D eigenvalue weighted by atomic mass is 32.1. The lowest BCUT2D eigenvalue weighted by Crippen LogP contribution is -2.28. The van der Waals surface area contributed by atoms with Gasteiger partial charge in [0.15, 0.2) is 5.11 Å². The topological polar surface area (TPSA) is 24.1 Å². The first kappa shape index (κ1) is 20.2. The van der Waals surface area contributed by atoms with Crippen LogP contribution in [0.1, 0.15) is 37.5 Å². The lowest BCUT2D eigenvalue weighted by molar-refractivity contribution is -0.137. The minimum atomic E-state index is -4.57. The zero-order valence-electron chi connectivity index (χ0n) is 14.7. The van der Waals surface area contributed by atoms with Gasteiger partial charge in [-0.15, -0.1) is 0 Å². The van der Waals surface area contributed by atoms with Crippen LogP contribution in [0.3, 0.4) is 0 Å². The van der Waals surface area contributed by atoms with Gasteiger partial charge < -0.3 is 10.6 Å². The van der Waals surface area contributed by atoms with Crippen LogP contribution in [0, 0.1) is 5.82 Å². The van der Waals surface area contributed by atoms with Crippen molar-refractivity contribution >= 4 is 23.0 Å². The number of benzene rings is 2. The van der Waals surface area contributed by atoms with E-state index in [0.717, 1.165) is 17.8 Å². The lowest BCUT2D eigenvalue weighted by Gasteiger charge is -2.19. The van der Waals surface area contributed by atoms with E-state index in [2.05, 4.69) is 31.4 Å². The first-order chi connectivity index (χ1) is 12.0. The molecule has 2 nitrogen and oxygen atoms in total. The molecule has 0 unspecified atom stereocenters. The molecule has 0 heterocycles. The number of nitrogens with one attached hydrogen (secondary N) is 2. The predicted molar refractivity (Wildman–Crippen MR) is 99.6 cm³/mol. The Labute approximate surface area is 155 Å². The highest BCUT2D eigenvalue weighted by molar-refractivity contribution is 7.80. The Bertz CT molecular complexity index is 778. The third kappa shape index (κ3) is 5.42. The van der Waals surface area contributed by atoms with E-state index in [9.17, 15) is 17.6 Å². The van der Waals surface area contributed by atoms with Gasteiger partial charge in [0.05, 0.1) is 5.56 Å². The Morgan fingerprint density at radius 1 is 0.962 bits per heavy atom. The average Bonchev–Trinajstić information content (AvgIpc) is 2.52. The third-order valence-corrected chi connectivity index (χ3v) is 4.07. The fourth-order valence-corrected chi connectivity index (χ4v) is 2.46. The van der Waals surface area contributed by atoms with E-state index >= 15 is 0 Å². The molecule has 0 fully saturated rings. The fraction of sp³-hybridized carbons (Fsp3) is 0.316. The van der Waals surface area contributed by atoms with Crippen LogP contribution in [0.15, 0.2) is 42.5 Å². The molecule has 0 atom stereocenters. The smallest absolute Gasteiger partial charge is 0.358 e. The van der Waals surface area contributed by atoms with E-state index in [1.807, 2.05) is 24.3 Å². The van der Waals surface area contributed by atoms with Crippen LogP contribution >= 0.6 is 12.2 Å². The van der Waals surface area contributed by atoms with Crippen molar-refractivity contribution < 1.29 is 17.6 Å². The predicted octanol–water partition coefficient (Wildman–Crippen LogP) is 5.63. The van der Waals surface area contributed by atoms with Crippen molar-refractivity contribution in [3.05, 3.63) is 65.0 Å². The normalized spacial score (nSPS) is 12.0. The molecule has 0 aliphatic rings. The van der Waals surface area contributed by atoms with Gasteiger partial charge in [0.2, 0.25) is 0 Å². The summed E-state index contributed by atoms with van der Waals surface area (Å²) in [7, 11) is 0.